The lowest BCUT2D eigenvalue weighted by atomic mass is 10.1. The van der Waals surface area contributed by atoms with Crippen molar-refractivity contribution in [2.24, 2.45) is 0 Å². The molecular weight excluding hydrogens is 306 g/mol. The van der Waals surface area contributed by atoms with Crippen LogP contribution in [0, 0.1) is 6.92 Å². The molecule has 0 radical (unpaired) electrons. The fourth-order valence-corrected chi connectivity index (χ4v) is 2.68. The SMILES string of the molecule is C=Cc1c(C)c2ccc(S(=O)(=O)OC(F)F)cc2oc1=O. The summed E-state index contributed by atoms with van der Waals surface area (Å²) in [5, 5.41) is 0.473. The molecule has 0 saturated heterocycles. The summed E-state index contributed by atoms with van der Waals surface area (Å²) in [5.74, 6) is 0. The largest absolute Gasteiger partial charge is 0.422 e. The van der Waals surface area contributed by atoms with Gasteiger partial charge in [-0.1, -0.05) is 12.7 Å². The van der Waals surface area contributed by atoms with Crippen LogP contribution >= 0.6 is 0 Å². The number of hydrogen-bond acceptors (Lipinski definition) is 5. The van der Waals surface area contributed by atoms with E-state index in [1.54, 1.807) is 6.92 Å². The zero-order chi connectivity index (χ0) is 15.8. The number of aryl methyl sites for hydroxylation is 1. The van der Waals surface area contributed by atoms with E-state index in [0.717, 1.165) is 12.1 Å². The van der Waals surface area contributed by atoms with Crippen LogP contribution in [0.5, 0.6) is 0 Å². The molecule has 0 spiro atoms. The van der Waals surface area contributed by atoms with Gasteiger partial charge in [-0.15, -0.1) is 0 Å². The molecule has 0 aliphatic heterocycles. The van der Waals surface area contributed by atoms with Crippen molar-refractivity contribution in [2.75, 3.05) is 0 Å². The average Bonchev–Trinajstić information content (AvgIpc) is 2.37. The molecular formula is C13H10F2O5S. The van der Waals surface area contributed by atoms with Crippen LogP contribution in [0.1, 0.15) is 11.1 Å². The van der Waals surface area contributed by atoms with Crippen LogP contribution in [0.3, 0.4) is 0 Å². The van der Waals surface area contributed by atoms with Crippen molar-refractivity contribution in [1.82, 2.24) is 0 Å². The van der Waals surface area contributed by atoms with Gasteiger partial charge in [-0.2, -0.15) is 21.4 Å². The van der Waals surface area contributed by atoms with Gasteiger partial charge in [0.1, 0.15) is 5.58 Å². The molecule has 0 saturated carbocycles. The molecule has 0 aliphatic carbocycles. The van der Waals surface area contributed by atoms with Crippen LogP contribution in [0.25, 0.3) is 17.0 Å². The second-order valence-electron chi connectivity index (χ2n) is 4.10. The van der Waals surface area contributed by atoms with Gasteiger partial charge >= 0.3 is 22.4 Å². The lowest BCUT2D eigenvalue weighted by Gasteiger charge is -2.07. The number of halogens is 2. The summed E-state index contributed by atoms with van der Waals surface area (Å²) < 4.78 is 55.8. The first-order valence-electron chi connectivity index (χ1n) is 5.67. The molecule has 2 rings (SSSR count). The molecule has 1 aromatic heterocycles. The summed E-state index contributed by atoms with van der Waals surface area (Å²) in [6.07, 6.45) is 1.32. The zero-order valence-corrected chi connectivity index (χ0v) is 11.6. The molecule has 0 aliphatic rings. The minimum Gasteiger partial charge on any atom is -0.422 e. The summed E-state index contributed by atoms with van der Waals surface area (Å²) in [4.78, 5) is 11.2. The van der Waals surface area contributed by atoms with Crippen LogP contribution in [-0.2, 0) is 14.3 Å². The Bertz CT molecular complexity index is 868. The predicted molar refractivity (Wildman–Crippen MR) is 71.6 cm³/mol. The van der Waals surface area contributed by atoms with E-state index in [9.17, 15) is 22.0 Å². The van der Waals surface area contributed by atoms with E-state index >= 15 is 0 Å². The summed E-state index contributed by atoms with van der Waals surface area (Å²) >= 11 is 0. The standard InChI is InChI=1S/C13H10F2O5S/c1-3-9-7(2)10-5-4-8(6-11(10)19-12(9)16)21(17,18)20-13(14)15/h3-6,13H,1H2,2H3. The fourth-order valence-electron chi connectivity index (χ4n) is 1.89. The Morgan fingerprint density at radius 3 is 2.62 bits per heavy atom. The first kappa shape index (κ1) is 15.3. The number of alkyl halides is 2. The van der Waals surface area contributed by atoms with E-state index in [1.165, 1.54) is 12.1 Å². The molecule has 5 nitrogen and oxygen atoms in total. The molecule has 0 N–H and O–H groups in total. The lowest BCUT2D eigenvalue weighted by molar-refractivity contribution is -0.0445. The van der Waals surface area contributed by atoms with Crippen molar-refractivity contribution in [1.29, 1.82) is 0 Å². The highest BCUT2D eigenvalue weighted by molar-refractivity contribution is 7.86. The Labute approximate surface area is 118 Å². The van der Waals surface area contributed by atoms with Crippen molar-refractivity contribution < 1.29 is 25.8 Å². The van der Waals surface area contributed by atoms with E-state index in [0.29, 0.717) is 10.9 Å². The van der Waals surface area contributed by atoms with Crippen LogP contribution in [0.2, 0.25) is 0 Å². The number of rotatable bonds is 4. The highest BCUT2D eigenvalue weighted by Gasteiger charge is 2.22. The van der Waals surface area contributed by atoms with Crippen molar-refractivity contribution in [2.45, 2.75) is 18.4 Å². The van der Waals surface area contributed by atoms with E-state index < -0.39 is 27.3 Å². The quantitative estimate of drug-likeness (QED) is 0.640. The molecule has 8 heteroatoms. The maximum absolute atomic E-state index is 12.1. The summed E-state index contributed by atoms with van der Waals surface area (Å²) in [6.45, 7) is 1.66. The Morgan fingerprint density at radius 1 is 1.38 bits per heavy atom. The topological polar surface area (TPSA) is 73.6 Å². The zero-order valence-electron chi connectivity index (χ0n) is 10.8. The number of hydrogen-bond donors (Lipinski definition) is 0. The maximum Gasteiger partial charge on any atom is 0.359 e. The van der Waals surface area contributed by atoms with Gasteiger partial charge in [-0.25, -0.2) is 4.79 Å². The summed E-state index contributed by atoms with van der Waals surface area (Å²) in [7, 11) is -4.62. The third-order valence-electron chi connectivity index (χ3n) is 2.88. The van der Waals surface area contributed by atoms with Crippen molar-refractivity contribution in [3.8, 4) is 0 Å². The van der Waals surface area contributed by atoms with Crippen LogP contribution in [-0.4, -0.2) is 15.0 Å². The molecule has 0 unspecified atom stereocenters. The van der Waals surface area contributed by atoms with Crippen LogP contribution in [0.4, 0.5) is 8.78 Å². The molecule has 112 valence electrons. The van der Waals surface area contributed by atoms with E-state index in [-0.39, 0.29) is 11.1 Å². The Morgan fingerprint density at radius 2 is 2.05 bits per heavy atom. The van der Waals surface area contributed by atoms with Gasteiger partial charge in [0.25, 0.3) is 0 Å². The summed E-state index contributed by atoms with van der Waals surface area (Å²) in [6, 6.07) is 3.41. The summed E-state index contributed by atoms with van der Waals surface area (Å²) in [5.41, 5.74) is 0.0679. The first-order valence-corrected chi connectivity index (χ1v) is 7.08. The average molecular weight is 316 g/mol. The predicted octanol–water partition coefficient (Wildman–Crippen LogP) is 2.67. The van der Waals surface area contributed by atoms with E-state index in [2.05, 4.69) is 10.8 Å². The highest BCUT2D eigenvalue weighted by atomic mass is 32.2. The normalized spacial score (nSPS) is 12.0. The smallest absolute Gasteiger partial charge is 0.359 e. The Hall–Kier alpha value is -2.06. The monoisotopic (exact) mass is 316 g/mol. The third-order valence-corrected chi connectivity index (χ3v) is 4.11. The van der Waals surface area contributed by atoms with Gasteiger partial charge in [0, 0.05) is 11.5 Å². The Balaban J connectivity index is 2.69. The fraction of sp³-hybridized carbons (Fsp3) is 0.154. The second kappa shape index (κ2) is 5.38. The third kappa shape index (κ3) is 2.86. The molecule has 0 bridgehead atoms. The number of fused-ring (bicyclic) bond motifs is 1. The molecule has 1 heterocycles. The second-order valence-corrected chi connectivity index (χ2v) is 5.67. The lowest BCUT2D eigenvalue weighted by Crippen LogP contribution is -2.11. The van der Waals surface area contributed by atoms with Gasteiger partial charge < -0.3 is 4.42 Å². The first-order chi connectivity index (χ1) is 9.76. The van der Waals surface area contributed by atoms with E-state index in [1.807, 2.05) is 0 Å². The van der Waals surface area contributed by atoms with Gasteiger partial charge in [0.15, 0.2) is 0 Å². The van der Waals surface area contributed by atoms with Gasteiger partial charge in [-0.3, -0.25) is 0 Å². The minimum atomic E-state index is -4.62. The van der Waals surface area contributed by atoms with Crippen molar-refractivity contribution in [3.63, 3.8) is 0 Å². The van der Waals surface area contributed by atoms with E-state index in [4.69, 9.17) is 4.42 Å². The number of benzene rings is 1. The van der Waals surface area contributed by atoms with Crippen molar-refractivity contribution in [3.05, 3.63) is 46.3 Å². The van der Waals surface area contributed by atoms with Crippen molar-refractivity contribution >= 4 is 27.2 Å². The molecule has 1 aromatic carbocycles. The van der Waals surface area contributed by atoms with Gasteiger partial charge in [0.05, 0.1) is 10.5 Å². The molecule has 2 aromatic rings. The van der Waals surface area contributed by atoms with Gasteiger partial charge in [-0.05, 0) is 24.6 Å². The van der Waals surface area contributed by atoms with Crippen LogP contribution < -0.4 is 5.63 Å². The molecule has 0 amide bonds. The molecule has 0 fully saturated rings. The van der Waals surface area contributed by atoms with Crippen LogP contribution in [0.15, 0.2) is 38.9 Å². The van der Waals surface area contributed by atoms with Gasteiger partial charge in [0.2, 0.25) is 0 Å². The highest BCUT2D eigenvalue weighted by Crippen LogP contribution is 2.24. The molecule has 0 atom stereocenters. The Kier molecular flexibility index (Phi) is 3.93. The maximum atomic E-state index is 12.1. The molecule has 21 heavy (non-hydrogen) atoms. The minimum absolute atomic E-state index is 0.0398.